The summed E-state index contributed by atoms with van der Waals surface area (Å²) in [4.78, 5) is 19.0. The van der Waals surface area contributed by atoms with Gasteiger partial charge in [-0.25, -0.2) is 0 Å². The van der Waals surface area contributed by atoms with Crippen molar-refractivity contribution in [2.75, 3.05) is 39.9 Å². The Hall–Kier alpha value is -2.08. The van der Waals surface area contributed by atoms with Crippen molar-refractivity contribution in [3.8, 4) is 0 Å². The first-order valence-corrected chi connectivity index (χ1v) is 10.9. The molecule has 1 aromatic rings. The average Bonchev–Trinajstić information content (AvgIpc) is 2.77. The lowest BCUT2D eigenvalue weighted by Gasteiger charge is -2.34. The van der Waals surface area contributed by atoms with Gasteiger partial charge in [0.1, 0.15) is 0 Å². The maximum Gasteiger partial charge on any atom is 0.308 e. The average molecular weight is 402 g/mol. The van der Waals surface area contributed by atoms with E-state index in [0.717, 1.165) is 64.4 Å². The van der Waals surface area contributed by atoms with Gasteiger partial charge >= 0.3 is 5.97 Å². The molecule has 2 saturated heterocycles. The van der Waals surface area contributed by atoms with E-state index in [1.165, 1.54) is 18.2 Å². The number of likely N-dealkylation sites (tertiary alicyclic amines) is 1. The molecule has 0 spiro atoms. The summed E-state index contributed by atoms with van der Waals surface area (Å²) in [6.45, 7) is 8.26. The van der Waals surface area contributed by atoms with Crippen molar-refractivity contribution >= 4 is 11.9 Å². The number of hydrogen-bond donors (Lipinski definition) is 1. The first-order valence-electron chi connectivity index (χ1n) is 10.9. The molecule has 2 aliphatic rings. The number of hydrogen-bond acceptors (Lipinski definition) is 4. The molecule has 0 saturated carbocycles. The fourth-order valence-electron chi connectivity index (χ4n) is 4.28. The fourth-order valence-corrected chi connectivity index (χ4v) is 4.28. The van der Waals surface area contributed by atoms with Crippen LogP contribution >= 0.6 is 0 Å². The summed E-state index contributed by atoms with van der Waals surface area (Å²) < 4.78 is 11.1. The zero-order valence-electron chi connectivity index (χ0n) is 18.0. The molecule has 0 aliphatic carbocycles. The largest absolute Gasteiger partial charge is 0.469 e. The van der Waals surface area contributed by atoms with Crippen molar-refractivity contribution in [1.29, 1.82) is 0 Å². The summed E-state index contributed by atoms with van der Waals surface area (Å²) in [5.41, 5.74) is 2.52. The number of aryl methyl sites for hydroxylation is 1. The maximum absolute atomic E-state index is 11.8. The van der Waals surface area contributed by atoms with Crippen LogP contribution in [0.5, 0.6) is 0 Å². The topological polar surface area (TPSA) is 63.2 Å². The highest BCUT2D eigenvalue weighted by Gasteiger charge is 2.29. The number of benzene rings is 1. The number of aliphatic imine (C=N–C) groups is 1. The quantitative estimate of drug-likeness (QED) is 0.466. The van der Waals surface area contributed by atoms with E-state index >= 15 is 0 Å². The molecular formula is C23H35N3O3. The zero-order valence-corrected chi connectivity index (χ0v) is 18.0. The van der Waals surface area contributed by atoms with E-state index in [1.54, 1.807) is 0 Å². The summed E-state index contributed by atoms with van der Waals surface area (Å²) in [6.07, 6.45) is 3.96. The minimum Gasteiger partial charge on any atom is -0.469 e. The van der Waals surface area contributed by atoms with Crippen LogP contribution in [0.15, 0.2) is 29.3 Å². The number of piperidine rings is 1. The predicted octanol–water partition coefficient (Wildman–Crippen LogP) is 3.31. The first-order chi connectivity index (χ1) is 14.1. The van der Waals surface area contributed by atoms with Gasteiger partial charge in [-0.05, 0) is 45.1 Å². The van der Waals surface area contributed by atoms with Crippen molar-refractivity contribution in [1.82, 2.24) is 10.2 Å². The van der Waals surface area contributed by atoms with Crippen LogP contribution in [0.1, 0.15) is 49.8 Å². The molecule has 0 radical (unpaired) electrons. The summed E-state index contributed by atoms with van der Waals surface area (Å²) in [5, 5.41) is 3.43. The Morgan fingerprint density at radius 3 is 2.62 bits per heavy atom. The van der Waals surface area contributed by atoms with Gasteiger partial charge in [-0.15, -0.1) is 0 Å². The van der Waals surface area contributed by atoms with E-state index < -0.39 is 0 Å². The monoisotopic (exact) mass is 401 g/mol. The van der Waals surface area contributed by atoms with Crippen molar-refractivity contribution in [3.63, 3.8) is 0 Å². The van der Waals surface area contributed by atoms with Gasteiger partial charge in [0, 0.05) is 38.7 Å². The highest BCUT2D eigenvalue weighted by molar-refractivity contribution is 5.80. The van der Waals surface area contributed by atoms with E-state index in [0.29, 0.717) is 5.92 Å². The summed E-state index contributed by atoms with van der Waals surface area (Å²) in [5.74, 6) is 1.25. The highest BCUT2D eigenvalue weighted by Crippen LogP contribution is 2.34. The third kappa shape index (κ3) is 5.72. The molecule has 1 aromatic carbocycles. The number of ether oxygens (including phenoxy) is 2. The third-order valence-electron chi connectivity index (χ3n) is 5.99. The van der Waals surface area contributed by atoms with Gasteiger partial charge in [-0.1, -0.05) is 29.8 Å². The van der Waals surface area contributed by atoms with Gasteiger partial charge in [-0.2, -0.15) is 0 Å². The van der Waals surface area contributed by atoms with Gasteiger partial charge in [0.25, 0.3) is 0 Å². The smallest absolute Gasteiger partial charge is 0.308 e. The Morgan fingerprint density at radius 1 is 1.24 bits per heavy atom. The van der Waals surface area contributed by atoms with Crippen molar-refractivity contribution in [2.24, 2.45) is 16.8 Å². The van der Waals surface area contributed by atoms with Crippen LogP contribution in [0.25, 0.3) is 0 Å². The molecule has 29 heavy (non-hydrogen) atoms. The molecule has 2 atom stereocenters. The number of carbonyl (C=O) groups excluding carboxylic acids is 1. The Balaban J connectivity index is 1.65. The summed E-state index contributed by atoms with van der Waals surface area (Å²) in [7, 11) is 1.47. The van der Waals surface area contributed by atoms with Gasteiger partial charge in [0.05, 0.1) is 19.1 Å². The van der Waals surface area contributed by atoms with Gasteiger partial charge in [0.15, 0.2) is 5.96 Å². The van der Waals surface area contributed by atoms with Crippen molar-refractivity contribution in [3.05, 3.63) is 35.4 Å². The molecule has 3 rings (SSSR count). The molecule has 2 aliphatic heterocycles. The van der Waals surface area contributed by atoms with Crippen molar-refractivity contribution < 1.29 is 14.3 Å². The number of methoxy groups -OCH3 is 1. The second kappa shape index (κ2) is 10.6. The normalized spacial score (nSPS) is 23.7. The van der Waals surface area contributed by atoms with E-state index in [9.17, 15) is 4.79 Å². The lowest BCUT2D eigenvalue weighted by atomic mass is 9.89. The third-order valence-corrected chi connectivity index (χ3v) is 5.99. The Morgan fingerprint density at radius 2 is 1.97 bits per heavy atom. The van der Waals surface area contributed by atoms with Crippen LogP contribution in [0.2, 0.25) is 0 Å². The number of carbonyl (C=O) groups is 1. The van der Waals surface area contributed by atoms with E-state index in [1.807, 2.05) is 0 Å². The highest BCUT2D eigenvalue weighted by atomic mass is 16.5. The molecule has 2 unspecified atom stereocenters. The SMILES string of the molecule is CCNC(=NCC1CCCOC1c1ccc(C)cc1)N1CCC(C(=O)OC)CC1. The molecule has 6 heteroatoms. The standard InChI is InChI=1S/C23H35N3O3/c1-4-24-23(26-13-11-19(12-14-26)22(27)28-3)25-16-20-6-5-15-29-21(20)18-9-7-17(2)8-10-18/h7-10,19-21H,4-6,11-16H2,1-3H3,(H,24,25). The number of rotatable bonds is 5. The number of nitrogens with zero attached hydrogens (tertiary/aromatic N) is 2. The molecule has 2 heterocycles. The predicted molar refractivity (Wildman–Crippen MR) is 115 cm³/mol. The van der Waals surface area contributed by atoms with Crippen LogP contribution in [0.3, 0.4) is 0 Å². The molecule has 0 aromatic heterocycles. The van der Waals surface area contributed by atoms with E-state index in [2.05, 4.69) is 48.3 Å². The van der Waals surface area contributed by atoms with Crippen molar-refractivity contribution in [2.45, 2.75) is 45.6 Å². The molecule has 0 amide bonds. The second-order valence-corrected chi connectivity index (χ2v) is 8.08. The molecular weight excluding hydrogens is 366 g/mol. The number of guanidine groups is 1. The Kier molecular flexibility index (Phi) is 7.92. The van der Waals surface area contributed by atoms with Crippen LogP contribution in [-0.4, -0.2) is 56.7 Å². The summed E-state index contributed by atoms with van der Waals surface area (Å²) >= 11 is 0. The van der Waals surface area contributed by atoms with Gasteiger partial charge in [0.2, 0.25) is 0 Å². The van der Waals surface area contributed by atoms with Crippen LogP contribution in [-0.2, 0) is 14.3 Å². The number of nitrogens with one attached hydrogen (secondary N) is 1. The Labute approximate surface area is 174 Å². The molecule has 1 N–H and O–H groups in total. The van der Waals surface area contributed by atoms with E-state index in [-0.39, 0.29) is 18.0 Å². The molecule has 160 valence electrons. The zero-order chi connectivity index (χ0) is 20.6. The fraction of sp³-hybridized carbons (Fsp3) is 0.652. The Bertz CT molecular complexity index is 681. The lowest BCUT2D eigenvalue weighted by Crippen LogP contribution is -2.47. The van der Waals surface area contributed by atoms with Crippen LogP contribution in [0, 0.1) is 18.8 Å². The first kappa shape index (κ1) is 21.6. The lowest BCUT2D eigenvalue weighted by molar-refractivity contribution is -0.146. The minimum absolute atomic E-state index is 0.0109. The molecule has 6 nitrogen and oxygen atoms in total. The molecule has 0 bridgehead atoms. The van der Waals surface area contributed by atoms with Crippen LogP contribution < -0.4 is 5.32 Å². The van der Waals surface area contributed by atoms with E-state index in [4.69, 9.17) is 14.5 Å². The maximum atomic E-state index is 11.8. The van der Waals surface area contributed by atoms with Crippen LogP contribution in [0.4, 0.5) is 0 Å². The minimum atomic E-state index is -0.0908. The summed E-state index contributed by atoms with van der Waals surface area (Å²) in [6, 6.07) is 8.68. The van der Waals surface area contributed by atoms with Gasteiger partial charge < -0.3 is 19.7 Å². The molecule has 2 fully saturated rings. The van der Waals surface area contributed by atoms with Gasteiger partial charge in [-0.3, -0.25) is 9.79 Å². The second-order valence-electron chi connectivity index (χ2n) is 8.08. The number of esters is 1.